The van der Waals surface area contributed by atoms with Crippen molar-refractivity contribution in [1.29, 1.82) is 0 Å². The predicted molar refractivity (Wildman–Crippen MR) is 280 cm³/mol. The molecule has 0 atom stereocenters. The molecule has 0 radical (unpaired) electrons. The summed E-state index contributed by atoms with van der Waals surface area (Å²) in [7, 11) is 0. The van der Waals surface area contributed by atoms with Gasteiger partial charge in [0.25, 0.3) is 0 Å². The largest absolute Gasteiger partial charge is 0.372 e. The van der Waals surface area contributed by atoms with Crippen molar-refractivity contribution in [2.45, 2.75) is 51.4 Å². The van der Waals surface area contributed by atoms with Gasteiger partial charge in [-0.25, -0.2) is 0 Å². The summed E-state index contributed by atoms with van der Waals surface area (Å²) < 4.78 is 0. The van der Waals surface area contributed by atoms with Gasteiger partial charge in [0.05, 0.1) is 0 Å². The van der Waals surface area contributed by atoms with Gasteiger partial charge >= 0.3 is 0 Å². The first kappa shape index (κ1) is 40.9. The molecule has 68 heavy (non-hydrogen) atoms. The molecule has 5 aliphatic rings. The highest BCUT2D eigenvalue weighted by Crippen LogP contribution is 2.32. The van der Waals surface area contributed by atoms with Crippen LogP contribution in [-0.4, -0.2) is 72.3 Å². The molecule has 8 heteroatoms. The van der Waals surface area contributed by atoms with Crippen LogP contribution < -0.4 is 41.0 Å². The van der Waals surface area contributed by atoms with E-state index in [4.69, 9.17) is 0 Å². The zero-order valence-corrected chi connectivity index (χ0v) is 39.0. The topological polar surface area (TPSA) is 76.1 Å². The molecule has 9 heterocycles. The Labute approximate surface area is 398 Å². The molecule has 8 bridgehead atoms. The summed E-state index contributed by atoms with van der Waals surface area (Å²) >= 11 is 0. The molecule has 4 aromatic carbocycles. The van der Waals surface area contributed by atoms with Crippen molar-refractivity contribution < 1.29 is 0 Å². The molecular formula is C60H60N8. The number of nitrogens with zero attached hydrogens (tertiary/aromatic N) is 4. The average molecular weight is 893 g/mol. The molecule has 4 saturated heterocycles. The van der Waals surface area contributed by atoms with Crippen LogP contribution in [0, 0.1) is 0 Å². The Morgan fingerprint density at radius 2 is 0.426 bits per heavy atom. The minimum atomic E-state index is 1.07. The van der Waals surface area contributed by atoms with Crippen molar-refractivity contribution in [3.63, 3.8) is 0 Å². The highest BCUT2D eigenvalue weighted by atomic mass is 15.2. The van der Waals surface area contributed by atoms with E-state index in [-0.39, 0.29) is 0 Å². The number of H-pyrrole nitrogens is 4. The van der Waals surface area contributed by atoms with Gasteiger partial charge in [-0.05, 0) is 171 Å². The van der Waals surface area contributed by atoms with Gasteiger partial charge < -0.3 is 39.5 Å². The zero-order chi connectivity index (χ0) is 45.0. The lowest BCUT2D eigenvalue weighted by Gasteiger charge is -2.18. The van der Waals surface area contributed by atoms with Gasteiger partial charge in [0.2, 0.25) is 0 Å². The van der Waals surface area contributed by atoms with Crippen LogP contribution in [0.3, 0.4) is 0 Å². The fraction of sp³-hybridized carbons (Fsp3) is 0.267. The third-order valence-corrected chi connectivity index (χ3v) is 15.4. The molecule has 0 spiro atoms. The molecule has 4 aromatic heterocycles. The molecule has 4 N–H and O–H groups in total. The summed E-state index contributed by atoms with van der Waals surface area (Å²) in [5.41, 5.74) is 18.7. The van der Waals surface area contributed by atoms with E-state index in [1.165, 1.54) is 96.4 Å². The van der Waals surface area contributed by atoms with Gasteiger partial charge in [-0.1, -0.05) is 48.5 Å². The van der Waals surface area contributed by atoms with E-state index >= 15 is 0 Å². The summed E-state index contributed by atoms with van der Waals surface area (Å²) in [5, 5.41) is 4.26. The van der Waals surface area contributed by atoms with E-state index < -0.39 is 0 Å². The van der Waals surface area contributed by atoms with Crippen LogP contribution in [0.4, 0.5) is 22.7 Å². The zero-order valence-electron chi connectivity index (χ0n) is 39.0. The Morgan fingerprint density at radius 3 is 0.632 bits per heavy atom. The van der Waals surface area contributed by atoms with Gasteiger partial charge in [-0.3, -0.25) is 0 Å². The van der Waals surface area contributed by atoms with Crippen molar-refractivity contribution in [2.75, 3.05) is 72.0 Å². The number of hydrogen-bond donors (Lipinski definition) is 4. The van der Waals surface area contributed by atoms with Gasteiger partial charge in [0, 0.05) is 142 Å². The summed E-state index contributed by atoms with van der Waals surface area (Å²) in [6.07, 6.45) is 10.0. The van der Waals surface area contributed by atoms with Crippen molar-refractivity contribution in [2.24, 2.45) is 0 Å². The second-order valence-electron chi connectivity index (χ2n) is 19.6. The van der Waals surface area contributed by atoms with Crippen LogP contribution in [0.1, 0.15) is 96.4 Å². The fourth-order valence-corrected chi connectivity index (χ4v) is 11.8. The molecule has 4 fully saturated rings. The van der Waals surface area contributed by atoms with Crippen molar-refractivity contribution in [3.05, 3.63) is 212 Å². The smallest absolute Gasteiger partial charge is 0.0485 e. The predicted octanol–water partition coefficient (Wildman–Crippen LogP) is 8.70. The van der Waals surface area contributed by atoms with E-state index in [9.17, 15) is 0 Å². The number of aromatic amines is 4. The van der Waals surface area contributed by atoms with Gasteiger partial charge in [0.1, 0.15) is 0 Å². The number of anilines is 4. The first-order valence-corrected chi connectivity index (χ1v) is 25.4. The Bertz CT molecular complexity index is 2890. The second kappa shape index (κ2) is 17.4. The summed E-state index contributed by atoms with van der Waals surface area (Å²) in [5.74, 6) is 0. The Balaban J connectivity index is 1.05. The molecule has 8 aromatic rings. The maximum absolute atomic E-state index is 4.02. The van der Waals surface area contributed by atoms with Crippen molar-refractivity contribution in [1.82, 2.24) is 19.9 Å². The number of hydrogen-bond acceptors (Lipinski definition) is 4. The monoisotopic (exact) mass is 892 g/mol. The summed E-state index contributed by atoms with van der Waals surface area (Å²) in [4.78, 5) is 26.1. The second-order valence-corrected chi connectivity index (χ2v) is 19.6. The molecule has 0 unspecified atom stereocenters. The van der Waals surface area contributed by atoms with Crippen LogP contribution in [-0.2, 0) is 0 Å². The van der Waals surface area contributed by atoms with E-state index in [1.54, 1.807) is 0 Å². The van der Waals surface area contributed by atoms with Gasteiger partial charge in [-0.15, -0.1) is 0 Å². The molecule has 340 valence electrons. The van der Waals surface area contributed by atoms with Crippen molar-refractivity contribution >= 4 is 45.0 Å². The third-order valence-electron chi connectivity index (χ3n) is 15.4. The molecular weight excluding hydrogens is 833 g/mol. The average Bonchev–Trinajstić information content (AvgIpc) is 4.24. The number of nitrogens with one attached hydrogen (secondary N) is 4. The minimum Gasteiger partial charge on any atom is -0.372 e. The van der Waals surface area contributed by atoms with Crippen LogP contribution in [0.2, 0.25) is 0 Å². The number of aromatic nitrogens is 4. The molecule has 5 aliphatic heterocycles. The van der Waals surface area contributed by atoms with Crippen LogP contribution in [0.5, 0.6) is 0 Å². The Kier molecular flexibility index (Phi) is 10.5. The maximum atomic E-state index is 4.02. The highest BCUT2D eigenvalue weighted by molar-refractivity contribution is 5.85. The van der Waals surface area contributed by atoms with Gasteiger partial charge in [0.15, 0.2) is 0 Å². The van der Waals surface area contributed by atoms with E-state index in [0.717, 1.165) is 119 Å². The first-order chi connectivity index (χ1) is 33.7. The lowest BCUT2D eigenvalue weighted by Crippen LogP contribution is -2.20. The third kappa shape index (κ3) is 7.56. The van der Waals surface area contributed by atoms with E-state index in [0.29, 0.717) is 0 Å². The van der Waals surface area contributed by atoms with Gasteiger partial charge in [-0.2, -0.15) is 0 Å². The maximum Gasteiger partial charge on any atom is 0.0485 e. The van der Waals surface area contributed by atoms with Crippen LogP contribution >= 0.6 is 0 Å². The number of benzene rings is 4. The number of rotatable bonds is 8. The first-order valence-electron chi connectivity index (χ1n) is 25.4. The van der Waals surface area contributed by atoms with E-state index in [2.05, 4.69) is 185 Å². The Hall–Kier alpha value is -7.32. The fourth-order valence-electron chi connectivity index (χ4n) is 11.8. The highest BCUT2D eigenvalue weighted by Gasteiger charge is 2.22. The number of fused-ring (bicyclic) bond motifs is 8. The molecule has 0 amide bonds. The molecule has 13 rings (SSSR count). The van der Waals surface area contributed by atoms with E-state index in [1.807, 2.05) is 0 Å². The SMILES string of the molecule is c1cc(N2CCCC2)ccc1C1=c2ccc([nH]2)=C(c2ccc(N3CCCC3)cc2)c2ccc([nH]2)C(c2ccc(N3CCCC3)cc2)=c2ccc([nH]2)=C(c2ccc(N3CCCC3)cc2)c2ccc1[nH]2. The molecule has 8 nitrogen and oxygen atoms in total. The lowest BCUT2D eigenvalue weighted by atomic mass is 10.0. The summed E-state index contributed by atoms with van der Waals surface area (Å²) in [6, 6.07) is 55.2. The minimum absolute atomic E-state index is 1.07. The molecule has 0 aliphatic carbocycles. The lowest BCUT2D eigenvalue weighted by molar-refractivity contribution is 0.949. The molecule has 0 saturated carbocycles. The standard InChI is InChI=1S/C60H60N8/c1-2-34-65(33-1)45-17-9-41(10-18-45)57-49-25-27-51(61-49)58(42-11-19-46(20-12-42)66-35-3-4-36-66)53-29-31-55(63-53)60(44-15-23-48(24-16-44)68-39-7-8-40-68)56-32-30-54(64-56)59(52-28-26-50(57)62-52)43-13-21-47(22-14-43)67-37-5-6-38-67/h9-32,61-64H,1-8,33-40H2. The summed E-state index contributed by atoms with van der Waals surface area (Å²) in [6.45, 7) is 8.97. The van der Waals surface area contributed by atoms with Crippen LogP contribution in [0.15, 0.2) is 146 Å². The van der Waals surface area contributed by atoms with Crippen LogP contribution in [0.25, 0.3) is 22.3 Å². The normalized spacial score (nSPS) is 17.4. The quantitative estimate of drug-likeness (QED) is 0.123. The van der Waals surface area contributed by atoms with Crippen molar-refractivity contribution in [3.8, 4) is 0 Å². The Morgan fingerprint density at radius 1 is 0.221 bits per heavy atom.